The number of nitrogens with one attached hydrogen (secondary N) is 1. The number of hydrogen-bond donors (Lipinski definition) is 1. The van der Waals surface area contributed by atoms with Gasteiger partial charge in [-0.15, -0.1) is 0 Å². The Morgan fingerprint density at radius 1 is 1.33 bits per heavy atom. The van der Waals surface area contributed by atoms with Crippen LogP contribution in [-0.4, -0.2) is 30.6 Å². The predicted octanol–water partition coefficient (Wildman–Crippen LogP) is 3.21. The van der Waals surface area contributed by atoms with Crippen LogP contribution in [0.4, 0.5) is 0 Å². The van der Waals surface area contributed by atoms with Crippen LogP contribution >= 0.6 is 0 Å². The Morgan fingerprint density at radius 2 is 2.06 bits per heavy atom. The Bertz CT molecular complexity index is 349. The van der Waals surface area contributed by atoms with Gasteiger partial charge in [0.05, 0.1) is 0 Å². The lowest BCUT2D eigenvalue weighted by atomic mass is 9.95. The number of benzene rings is 1. The largest absolute Gasteiger partial charge is 0.312 e. The van der Waals surface area contributed by atoms with Crippen molar-refractivity contribution in [2.24, 2.45) is 0 Å². The first-order valence-corrected chi connectivity index (χ1v) is 7.25. The van der Waals surface area contributed by atoms with E-state index in [4.69, 9.17) is 0 Å². The van der Waals surface area contributed by atoms with Crippen molar-refractivity contribution in [2.45, 2.75) is 51.2 Å². The summed E-state index contributed by atoms with van der Waals surface area (Å²) >= 11 is 0. The molecule has 0 amide bonds. The first-order valence-electron chi connectivity index (χ1n) is 7.25. The molecule has 0 aliphatic carbocycles. The predicted molar refractivity (Wildman–Crippen MR) is 77.7 cm³/mol. The summed E-state index contributed by atoms with van der Waals surface area (Å²) in [6.07, 6.45) is 3.90. The maximum atomic E-state index is 3.53. The molecule has 3 atom stereocenters. The molecule has 1 fully saturated rings. The molecule has 1 aromatic rings. The molecular formula is C16H26N2. The lowest BCUT2D eigenvalue weighted by Gasteiger charge is -2.37. The maximum Gasteiger partial charge on any atom is 0.0475 e. The fraction of sp³-hybridized carbons (Fsp3) is 0.625. The Hall–Kier alpha value is -0.860. The van der Waals surface area contributed by atoms with Crippen LogP contribution in [-0.2, 0) is 0 Å². The second-order valence-corrected chi connectivity index (χ2v) is 5.38. The summed E-state index contributed by atoms with van der Waals surface area (Å²) in [4.78, 5) is 2.69. The first kappa shape index (κ1) is 13.6. The zero-order chi connectivity index (χ0) is 13.0. The second kappa shape index (κ2) is 6.35. The minimum Gasteiger partial charge on any atom is -0.312 e. The van der Waals surface area contributed by atoms with Crippen molar-refractivity contribution in [3.05, 3.63) is 35.9 Å². The number of likely N-dealkylation sites (tertiary alicyclic amines) is 1. The van der Waals surface area contributed by atoms with E-state index in [-0.39, 0.29) is 0 Å². The van der Waals surface area contributed by atoms with Crippen molar-refractivity contribution < 1.29 is 0 Å². The summed E-state index contributed by atoms with van der Waals surface area (Å²) in [5.41, 5.74) is 1.41. The van der Waals surface area contributed by atoms with E-state index < -0.39 is 0 Å². The minimum atomic E-state index is 0.441. The molecule has 1 aliphatic rings. The van der Waals surface area contributed by atoms with Crippen LogP contribution in [0.25, 0.3) is 0 Å². The molecule has 1 aliphatic heterocycles. The van der Waals surface area contributed by atoms with E-state index in [0.717, 1.165) is 6.04 Å². The lowest BCUT2D eigenvalue weighted by molar-refractivity contribution is 0.148. The van der Waals surface area contributed by atoms with Crippen molar-refractivity contribution >= 4 is 0 Å². The van der Waals surface area contributed by atoms with Gasteiger partial charge in [-0.25, -0.2) is 0 Å². The SMILES string of the molecule is CCC(C(NC)c1ccccc1)N1CCCC1C. The third-order valence-corrected chi connectivity index (χ3v) is 4.30. The van der Waals surface area contributed by atoms with Crippen molar-refractivity contribution in [3.63, 3.8) is 0 Å². The van der Waals surface area contributed by atoms with E-state index in [2.05, 4.69) is 61.4 Å². The average Bonchev–Trinajstić information content (AvgIpc) is 2.83. The van der Waals surface area contributed by atoms with Crippen LogP contribution < -0.4 is 5.32 Å². The van der Waals surface area contributed by atoms with Crippen LogP contribution in [0.3, 0.4) is 0 Å². The van der Waals surface area contributed by atoms with Gasteiger partial charge >= 0.3 is 0 Å². The summed E-state index contributed by atoms with van der Waals surface area (Å²) in [6.45, 7) is 5.93. The third-order valence-electron chi connectivity index (χ3n) is 4.30. The zero-order valence-electron chi connectivity index (χ0n) is 11.9. The molecule has 1 saturated heterocycles. The summed E-state index contributed by atoms with van der Waals surface area (Å²) in [6, 6.07) is 12.6. The molecule has 3 unspecified atom stereocenters. The van der Waals surface area contributed by atoms with Gasteiger partial charge in [-0.2, -0.15) is 0 Å². The van der Waals surface area contributed by atoms with Crippen LogP contribution in [0.5, 0.6) is 0 Å². The molecule has 1 aromatic carbocycles. The Kier molecular flexibility index (Phi) is 4.79. The van der Waals surface area contributed by atoms with Crippen LogP contribution in [0, 0.1) is 0 Å². The Balaban J connectivity index is 2.19. The van der Waals surface area contributed by atoms with Gasteiger partial charge in [0.15, 0.2) is 0 Å². The maximum absolute atomic E-state index is 3.53. The molecule has 2 heteroatoms. The zero-order valence-corrected chi connectivity index (χ0v) is 11.9. The summed E-state index contributed by atoms with van der Waals surface area (Å²) in [5, 5.41) is 3.53. The molecule has 0 aromatic heterocycles. The highest BCUT2D eigenvalue weighted by Crippen LogP contribution is 2.29. The molecule has 1 N–H and O–H groups in total. The molecule has 0 saturated carbocycles. The van der Waals surface area contributed by atoms with Gasteiger partial charge in [0.2, 0.25) is 0 Å². The fourth-order valence-corrected chi connectivity index (χ4v) is 3.35. The monoisotopic (exact) mass is 246 g/mol. The quantitative estimate of drug-likeness (QED) is 0.858. The third kappa shape index (κ3) is 2.76. The van der Waals surface area contributed by atoms with Gasteiger partial charge in [0, 0.05) is 18.1 Å². The van der Waals surface area contributed by atoms with E-state index in [1.807, 2.05) is 0 Å². The van der Waals surface area contributed by atoms with E-state index in [0.29, 0.717) is 12.1 Å². The standard InChI is InChI=1S/C16H26N2/c1-4-15(18-12-8-9-13(18)2)16(17-3)14-10-6-5-7-11-14/h5-7,10-11,13,15-17H,4,8-9,12H2,1-3H3. The molecule has 18 heavy (non-hydrogen) atoms. The molecule has 100 valence electrons. The van der Waals surface area contributed by atoms with Gasteiger partial charge in [-0.05, 0) is 45.3 Å². The summed E-state index contributed by atoms with van der Waals surface area (Å²) in [7, 11) is 2.08. The Labute approximate surface area is 111 Å². The smallest absolute Gasteiger partial charge is 0.0475 e. The fourth-order valence-electron chi connectivity index (χ4n) is 3.35. The van der Waals surface area contributed by atoms with Crippen molar-refractivity contribution in [3.8, 4) is 0 Å². The lowest BCUT2D eigenvalue weighted by Crippen LogP contribution is -2.45. The van der Waals surface area contributed by atoms with E-state index in [1.165, 1.54) is 31.4 Å². The van der Waals surface area contributed by atoms with E-state index >= 15 is 0 Å². The van der Waals surface area contributed by atoms with Gasteiger partial charge < -0.3 is 5.32 Å². The topological polar surface area (TPSA) is 15.3 Å². The van der Waals surface area contributed by atoms with Crippen LogP contribution in [0.15, 0.2) is 30.3 Å². The van der Waals surface area contributed by atoms with Crippen molar-refractivity contribution in [2.75, 3.05) is 13.6 Å². The molecule has 1 heterocycles. The number of likely N-dealkylation sites (N-methyl/N-ethyl adjacent to an activating group) is 1. The van der Waals surface area contributed by atoms with E-state index in [1.54, 1.807) is 0 Å². The van der Waals surface area contributed by atoms with Gasteiger partial charge in [0.1, 0.15) is 0 Å². The first-order chi connectivity index (χ1) is 8.77. The highest BCUT2D eigenvalue weighted by Gasteiger charge is 2.31. The average molecular weight is 246 g/mol. The summed E-state index contributed by atoms with van der Waals surface area (Å²) < 4.78 is 0. The summed E-state index contributed by atoms with van der Waals surface area (Å²) in [5.74, 6) is 0. The van der Waals surface area contributed by atoms with Crippen molar-refractivity contribution in [1.82, 2.24) is 10.2 Å². The minimum absolute atomic E-state index is 0.441. The molecule has 2 rings (SSSR count). The van der Waals surface area contributed by atoms with Gasteiger partial charge in [0.25, 0.3) is 0 Å². The molecular weight excluding hydrogens is 220 g/mol. The van der Waals surface area contributed by atoms with Gasteiger partial charge in [-0.1, -0.05) is 37.3 Å². The number of nitrogens with zero attached hydrogens (tertiary/aromatic N) is 1. The number of rotatable bonds is 5. The molecule has 2 nitrogen and oxygen atoms in total. The highest BCUT2D eigenvalue weighted by atomic mass is 15.2. The van der Waals surface area contributed by atoms with Gasteiger partial charge in [-0.3, -0.25) is 4.90 Å². The van der Waals surface area contributed by atoms with Crippen molar-refractivity contribution in [1.29, 1.82) is 0 Å². The van der Waals surface area contributed by atoms with Crippen LogP contribution in [0.1, 0.15) is 44.7 Å². The van der Waals surface area contributed by atoms with E-state index in [9.17, 15) is 0 Å². The molecule has 0 radical (unpaired) electrons. The molecule has 0 bridgehead atoms. The Morgan fingerprint density at radius 3 is 2.56 bits per heavy atom. The normalized spacial score (nSPS) is 24.1. The highest BCUT2D eigenvalue weighted by molar-refractivity contribution is 5.20. The molecule has 0 spiro atoms. The second-order valence-electron chi connectivity index (χ2n) is 5.38. The van der Waals surface area contributed by atoms with Crippen LogP contribution in [0.2, 0.25) is 0 Å². The number of hydrogen-bond acceptors (Lipinski definition) is 2.